The van der Waals surface area contributed by atoms with Gasteiger partial charge in [0.25, 0.3) is 0 Å². The number of hydrogen-bond donors (Lipinski definition) is 1. The maximum atomic E-state index is 3.65. The van der Waals surface area contributed by atoms with Crippen LogP contribution in [0.3, 0.4) is 0 Å². The summed E-state index contributed by atoms with van der Waals surface area (Å²) in [6.07, 6.45) is 7.89. The smallest absolute Gasteiger partial charge is 0.0986 e. The van der Waals surface area contributed by atoms with Gasteiger partial charge in [-0.3, -0.25) is 5.32 Å². The summed E-state index contributed by atoms with van der Waals surface area (Å²) in [6.45, 7) is 4.38. The number of benzene rings is 1. The minimum absolute atomic E-state index is 0.300. The van der Waals surface area contributed by atoms with Crippen molar-refractivity contribution in [3.8, 4) is 0 Å². The zero-order valence-electron chi connectivity index (χ0n) is 11.4. The molecule has 0 fully saturated rings. The fraction of sp³-hybridized carbons (Fsp3) is 0.375. The summed E-state index contributed by atoms with van der Waals surface area (Å²) in [5, 5.41) is 3.65. The average Bonchev–Trinajstić information content (AvgIpc) is 2.35. The van der Waals surface area contributed by atoms with E-state index in [1.165, 1.54) is 11.1 Å². The Morgan fingerprint density at radius 3 is 2.72 bits per heavy atom. The third kappa shape index (κ3) is 3.47. The first-order valence-corrected chi connectivity index (χ1v) is 6.53. The number of nitrogens with zero attached hydrogens (tertiary/aromatic N) is 1. The van der Waals surface area contributed by atoms with Crippen LogP contribution in [0.2, 0.25) is 0 Å². The van der Waals surface area contributed by atoms with Crippen molar-refractivity contribution in [3.63, 3.8) is 0 Å². The topological polar surface area (TPSA) is 15.3 Å². The quantitative estimate of drug-likeness (QED) is 0.873. The molecule has 96 valence electrons. The number of rotatable bonds is 4. The molecule has 0 saturated heterocycles. The highest BCUT2D eigenvalue weighted by molar-refractivity contribution is 5.22. The van der Waals surface area contributed by atoms with Gasteiger partial charge in [-0.05, 0) is 38.0 Å². The lowest BCUT2D eigenvalue weighted by Crippen LogP contribution is -2.45. The normalized spacial score (nSPS) is 20.7. The molecule has 2 nitrogen and oxygen atoms in total. The van der Waals surface area contributed by atoms with Crippen molar-refractivity contribution in [1.29, 1.82) is 0 Å². The Hall–Kier alpha value is -1.54. The van der Waals surface area contributed by atoms with Crippen molar-refractivity contribution in [2.45, 2.75) is 32.5 Å². The van der Waals surface area contributed by atoms with Crippen molar-refractivity contribution in [3.05, 3.63) is 59.8 Å². The van der Waals surface area contributed by atoms with Crippen LogP contribution in [0.25, 0.3) is 0 Å². The number of allylic oxidation sites excluding steroid dienone is 2. The summed E-state index contributed by atoms with van der Waals surface area (Å²) < 4.78 is 0. The summed E-state index contributed by atoms with van der Waals surface area (Å²) in [5.74, 6) is 0. The van der Waals surface area contributed by atoms with Crippen molar-refractivity contribution in [2.24, 2.45) is 0 Å². The van der Waals surface area contributed by atoms with Crippen LogP contribution in [0.4, 0.5) is 0 Å². The Balaban J connectivity index is 1.91. The molecule has 2 rings (SSSR count). The first-order chi connectivity index (χ1) is 8.65. The molecule has 0 saturated carbocycles. The fourth-order valence-corrected chi connectivity index (χ4v) is 2.23. The lowest BCUT2D eigenvalue weighted by molar-refractivity contribution is 0.297. The highest BCUT2D eigenvalue weighted by Crippen LogP contribution is 2.11. The van der Waals surface area contributed by atoms with Crippen molar-refractivity contribution < 1.29 is 0 Å². The molecule has 1 unspecified atom stereocenters. The van der Waals surface area contributed by atoms with Crippen LogP contribution < -0.4 is 5.32 Å². The van der Waals surface area contributed by atoms with Crippen LogP contribution in [0, 0.1) is 0 Å². The lowest BCUT2D eigenvalue weighted by Gasteiger charge is -2.31. The molecule has 1 N–H and O–H groups in total. The summed E-state index contributed by atoms with van der Waals surface area (Å²) in [5.41, 5.74) is 2.70. The van der Waals surface area contributed by atoms with Crippen LogP contribution in [0.5, 0.6) is 0 Å². The summed E-state index contributed by atoms with van der Waals surface area (Å²) in [6, 6.07) is 11.1. The maximum absolute atomic E-state index is 3.65. The number of likely N-dealkylation sites (N-methyl/N-ethyl adjacent to an activating group) is 1. The second-order valence-corrected chi connectivity index (χ2v) is 5.09. The van der Waals surface area contributed by atoms with E-state index < -0.39 is 0 Å². The number of hydrogen-bond acceptors (Lipinski definition) is 2. The molecule has 1 aliphatic rings. The van der Waals surface area contributed by atoms with Gasteiger partial charge in [-0.15, -0.1) is 0 Å². The van der Waals surface area contributed by atoms with Gasteiger partial charge in [-0.25, -0.2) is 0 Å². The van der Waals surface area contributed by atoms with Crippen LogP contribution in [0.1, 0.15) is 19.4 Å². The number of nitrogens with one attached hydrogen (secondary N) is 1. The van der Waals surface area contributed by atoms with Gasteiger partial charge >= 0.3 is 0 Å². The molecule has 18 heavy (non-hydrogen) atoms. The monoisotopic (exact) mass is 242 g/mol. The second-order valence-electron chi connectivity index (χ2n) is 5.09. The molecule has 1 aromatic rings. The maximum Gasteiger partial charge on any atom is 0.0986 e. The van der Waals surface area contributed by atoms with Gasteiger partial charge in [0.15, 0.2) is 0 Å². The Bertz CT molecular complexity index is 434. The minimum atomic E-state index is 0.300. The Kier molecular flexibility index (Phi) is 4.21. The van der Waals surface area contributed by atoms with Crippen LogP contribution >= 0.6 is 0 Å². The van der Waals surface area contributed by atoms with E-state index in [1.54, 1.807) is 0 Å². The van der Waals surface area contributed by atoms with Gasteiger partial charge in [0.1, 0.15) is 0 Å². The van der Waals surface area contributed by atoms with E-state index in [-0.39, 0.29) is 0 Å². The van der Waals surface area contributed by atoms with E-state index in [0.29, 0.717) is 12.2 Å². The van der Waals surface area contributed by atoms with E-state index in [0.717, 1.165) is 6.42 Å². The zero-order valence-corrected chi connectivity index (χ0v) is 11.4. The average molecular weight is 242 g/mol. The highest BCUT2D eigenvalue weighted by Gasteiger charge is 2.14. The molecule has 1 heterocycles. The molecule has 2 atom stereocenters. The third-order valence-electron chi connectivity index (χ3n) is 3.27. The predicted octanol–water partition coefficient (Wildman–Crippen LogP) is 2.94. The van der Waals surface area contributed by atoms with Gasteiger partial charge in [0, 0.05) is 19.3 Å². The lowest BCUT2D eigenvalue weighted by atomic mass is 10.1. The van der Waals surface area contributed by atoms with Gasteiger partial charge in [0.2, 0.25) is 0 Å². The van der Waals surface area contributed by atoms with Crippen LogP contribution in [-0.4, -0.2) is 24.2 Å². The standard InChI is InChI=1S/C16H22N2/c1-13-9-10-18(3)16(11-13)17-14(2)12-15-7-5-4-6-8-15/h4-11,14,16-17H,12H2,1-3H3/t14-,16?/m1/s1. The second kappa shape index (κ2) is 5.87. The summed E-state index contributed by atoms with van der Waals surface area (Å²) in [7, 11) is 2.10. The summed E-state index contributed by atoms with van der Waals surface area (Å²) in [4.78, 5) is 2.20. The molecular weight excluding hydrogens is 220 g/mol. The molecular formula is C16H22N2. The van der Waals surface area contributed by atoms with Gasteiger partial charge in [0.05, 0.1) is 6.17 Å². The molecule has 1 aliphatic heterocycles. The van der Waals surface area contributed by atoms with Crippen molar-refractivity contribution >= 4 is 0 Å². The van der Waals surface area contributed by atoms with Crippen molar-refractivity contribution in [2.75, 3.05) is 7.05 Å². The van der Waals surface area contributed by atoms with E-state index in [4.69, 9.17) is 0 Å². The van der Waals surface area contributed by atoms with Crippen molar-refractivity contribution in [1.82, 2.24) is 10.2 Å². The third-order valence-corrected chi connectivity index (χ3v) is 3.27. The van der Waals surface area contributed by atoms with Crippen LogP contribution in [-0.2, 0) is 6.42 Å². The van der Waals surface area contributed by atoms with E-state index in [1.807, 2.05) is 0 Å². The Morgan fingerprint density at radius 1 is 1.28 bits per heavy atom. The molecule has 0 aliphatic carbocycles. The molecule has 0 radical (unpaired) electrons. The van der Waals surface area contributed by atoms with Gasteiger partial charge in [-0.1, -0.05) is 35.9 Å². The van der Waals surface area contributed by atoms with E-state index in [9.17, 15) is 0 Å². The molecule has 0 bridgehead atoms. The Morgan fingerprint density at radius 2 is 2.00 bits per heavy atom. The minimum Gasteiger partial charge on any atom is -0.362 e. The molecule has 0 aromatic heterocycles. The van der Waals surface area contributed by atoms with Crippen LogP contribution in [0.15, 0.2) is 54.3 Å². The van der Waals surface area contributed by atoms with Gasteiger partial charge in [-0.2, -0.15) is 0 Å². The molecule has 2 heteroatoms. The Labute approximate surface area is 110 Å². The zero-order chi connectivity index (χ0) is 13.0. The molecule has 0 spiro atoms. The molecule has 1 aromatic carbocycles. The first-order valence-electron chi connectivity index (χ1n) is 6.53. The SMILES string of the molecule is CC1=CC(N[C@H](C)Cc2ccccc2)N(C)C=C1. The predicted molar refractivity (Wildman–Crippen MR) is 77.2 cm³/mol. The fourth-order valence-electron chi connectivity index (χ4n) is 2.23. The van der Waals surface area contributed by atoms with E-state index >= 15 is 0 Å². The van der Waals surface area contributed by atoms with Gasteiger partial charge < -0.3 is 4.90 Å². The largest absolute Gasteiger partial charge is 0.362 e. The molecule has 0 amide bonds. The highest BCUT2D eigenvalue weighted by atomic mass is 15.2. The first kappa shape index (κ1) is 12.9. The van der Waals surface area contributed by atoms with E-state index in [2.05, 4.69) is 79.8 Å². The summed E-state index contributed by atoms with van der Waals surface area (Å²) >= 11 is 0.